The van der Waals surface area contributed by atoms with E-state index in [2.05, 4.69) is 20.8 Å². The monoisotopic (exact) mass is 350 g/mol. The van der Waals surface area contributed by atoms with Gasteiger partial charge in [0.2, 0.25) is 0 Å². The summed E-state index contributed by atoms with van der Waals surface area (Å²) >= 11 is 0. The first-order chi connectivity index (χ1) is 12.6. The molecule has 0 saturated heterocycles. The van der Waals surface area contributed by atoms with Crippen molar-refractivity contribution in [3.63, 3.8) is 0 Å². The van der Waals surface area contributed by atoms with Gasteiger partial charge in [-0.2, -0.15) is 4.68 Å². The molecule has 0 radical (unpaired) electrons. The maximum atomic E-state index is 12.9. The topological polar surface area (TPSA) is 93.0 Å². The number of carbonyl (C=O) groups is 2. The van der Waals surface area contributed by atoms with Crippen LogP contribution in [-0.2, 0) is 6.54 Å². The number of aromatic nitrogens is 4. The molecule has 2 amide bonds. The predicted octanol–water partition coefficient (Wildman–Crippen LogP) is 1.29. The highest BCUT2D eigenvalue weighted by molar-refractivity contribution is 5.97. The van der Waals surface area contributed by atoms with Gasteiger partial charge < -0.3 is 10.2 Å². The lowest BCUT2D eigenvalue weighted by atomic mass is 10.1. The van der Waals surface area contributed by atoms with Crippen LogP contribution in [0, 0.1) is 0 Å². The Bertz CT molecular complexity index is 906. The normalized spacial score (nSPS) is 10.4. The van der Waals surface area contributed by atoms with Crippen LogP contribution in [0.15, 0.2) is 54.9 Å². The SMILES string of the molecule is CNC(=O)c1ccc(CN(C)C(=O)c2ccccc2-n2cnnn2)cc1. The molecule has 0 unspecified atom stereocenters. The van der Waals surface area contributed by atoms with Gasteiger partial charge in [-0.1, -0.05) is 24.3 Å². The first-order valence-corrected chi connectivity index (χ1v) is 7.99. The number of carbonyl (C=O) groups excluding carboxylic acids is 2. The van der Waals surface area contributed by atoms with Crippen molar-refractivity contribution in [3.05, 3.63) is 71.5 Å². The van der Waals surface area contributed by atoms with Crippen LogP contribution in [0.25, 0.3) is 5.69 Å². The molecule has 1 heterocycles. The zero-order valence-electron chi connectivity index (χ0n) is 14.5. The van der Waals surface area contributed by atoms with Crippen LogP contribution in [0.3, 0.4) is 0 Å². The standard InChI is InChI=1S/C18H18N6O2/c1-19-17(25)14-9-7-13(8-10-14)11-23(2)18(26)15-5-3-4-6-16(15)24-12-20-21-22-24/h3-10,12H,11H2,1-2H3,(H,19,25). The Balaban J connectivity index is 1.78. The average Bonchev–Trinajstić information content (AvgIpc) is 3.22. The van der Waals surface area contributed by atoms with E-state index < -0.39 is 0 Å². The Morgan fingerprint density at radius 2 is 1.85 bits per heavy atom. The van der Waals surface area contributed by atoms with Crippen LogP contribution in [0.5, 0.6) is 0 Å². The number of hydrogen-bond donors (Lipinski definition) is 1. The minimum Gasteiger partial charge on any atom is -0.355 e. The third-order valence-electron chi connectivity index (χ3n) is 3.94. The zero-order valence-corrected chi connectivity index (χ0v) is 14.5. The average molecular weight is 350 g/mol. The van der Waals surface area contributed by atoms with E-state index in [1.807, 2.05) is 18.2 Å². The zero-order chi connectivity index (χ0) is 18.5. The molecule has 0 spiro atoms. The third kappa shape index (κ3) is 3.59. The minimum absolute atomic E-state index is 0.142. The van der Waals surface area contributed by atoms with Crippen molar-refractivity contribution in [1.82, 2.24) is 30.4 Å². The van der Waals surface area contributed by atoms with E-state index in [1.54, 1.807) is 49.3 Å². The summed E-state index contributed by atoms with van der Waals surface area (Å²) < 4.78 is 1.46. The van der Waals surface area contributed by atoms with Crippen LogP contribution in [0.1, 0.15) is 26.3 Å². The Hall–Kier alpha value is -3.55. The van der Waals surface area contributed by atoms with Gasteiger partial charge in [-0.25, -0.2) is 0 Å². The van der Waals surface area contributed by atoms with Gasteiger partial charge in [-0.3, -0.25) is 9.59 Å². The number of benzene rings is 2. The second-order valence-corrected chi connectivity index (χ2v) is 5.71. The molecule has 3 rings (SSSR count). The fourth-order valence-corrected chi connectivity index (χ4v) is 2.58. The largest absolute Gasteiger partial charge is 0.355 e. The number of nitrogens with one attached hydrogen (secondary N) is 1. The first kappa shape index (κ1) is 17.3. The van der Waals surface area contributed by atoms with Gasteiger partial charge >= 0.3 is 0 Å². The number of amides is 2. The molecule has 0 atom stereocenters. The molecular formula is C18H18N6O2. The first-order valence-electron chi connectivity index (χ1n) is 7.99. The molecule has 0 bridgehead atoms. The van der Waals surface area contributed by atoms with Gasteiger partial charge in [0.25, 0.3) is 11.8 Å². The molecular weight excluding hydrogens is 332 g/mol. The van der Waals surface area contributed by atoms with E-state index in [1.165, 1.54) is 11.0 Å². The summed E-state index contributed by atoms with van der Waals surface area (Å²) in [5.41, 5.74) is 2.62. The molecule has 3 aromatic rings. The maximum Gasteiger partial charge on any atom is 0.256 e. The highest BCUT2D eigenvalue weighted by atomic mass is 16.2. The predicted molar refractivity (Wildman–Crippen MR) is 94.8 cm³/mol. The van der Waals surface area contributed by atoms with Crippen molar-refractivity contribution < 1.29 is 9.59 Å². The van der Waals surface area contributed by atoms with Crippen molar-refractivity contribution >= 4 is 11.8 Å². The van der Waals surface area contributed by atoms with Crippen LogP contribution >= 0.6 is 0 Å². The summed E-state index contributed by atoms with van der Waals surface area (Å²) in [6.07, 6.45) is 1.45. The summed E-state index contributed by atoms with van der Waals surface area (Å²) in [6.45, 7) is 0.413. The quantitative estimate of drug-likeness (QED) is 0.748. The second kappa shape index (κ2) is 7.56. The number of nitrogens with zero attached hydrogens (tertiary/aromatic N) is 5. The maximum absolute atomic E-state index is 12.9. The molecule has 2 aromatic carbocycles. The fourth-order valence-electron chi connectivity index (χ4n) is 2.58. The van der Waals surface area contributed by atoms with Crippen molar-refractivity contribution in [1.29, 1.82) is 0 Å². The Kier molecular flexibility index (Phi) is 5.02. The molecule has 0 fully saturated rings. The number of tetrazole rings is 1. The number of hydrogen-bond acceptors (Lipinski definition) is 5. The van der Waals surface area contributed by atoms with Gasteiger partial charge in [0, 0.05) is 26.2 Å². The van der Waals surface area contributed by atoms with E-state index in [4.69, 9.17) is 0 Å². The molecule has 8 heteroatoms. The van der Waals surface area contributed by atoms with E-state index in [9.17, 15) is 9.59 Å². The van der Waals surface area contributed by atoms with Gasteiger partial charge in [-0.15, -0.1) is 5.10 Å². The molecule has 1 N–H and O–H groups in total. The van der Waals surface area contributed by atoms with Gasteiger partial charge in [0.1, 0.15) is 6.33 Å². The van der Waals surface area contributed by atoms with Crippen LogP contribution in [-0.4, -0.2) is 51.0 Å². The summed E-state index contributed by atoms with van der Waals surface area (Å²) in [4.78, 5) is 26.1. The Morgan fingerprint density at radius 3 is 2.50 bits per heavy atom. The lowest BCUT2D eigenvalue weighted by Gasteiger charge is -2.19. The van der Waals surface area contributed by atoms with Crippen molar-refractivity contribution in [2.75, 3.05) is 14.1 Å². The molecule has 0 aliphatic carbocycles. The van der Waals surface area contributed by atoms with Crippen molar-refractivity contribution in [2.45, 2.75) is 6.54 Å². The summed E-state index contributed by atoms with van der Waals surface area (Å²) in [6, 6.07) is 14.3. The van der Waals surface area contributed by atoms with Gasteiger partial charge in [0.15, 0.2) is 0 Å². The molecule has 0 saturated carbocycles. The molecule has 1 aromatic heterocycles. The highest BCUT2D eigenvalue weighted by Crippen LogP contribution is 2.16. The number of rotatable bonds is 5. The third-order valence-corrected chi connectivity index (χ3v) is 3.94. The number of para-hydroxylation sites is 1. The van der Waals surface area contributed by atoms with Crippen molar-refractivity contribution in [3.8, 4) is 5.69 Å². The van der Waals surface area contributed by atoms with E-state index >= 15 is 0 Å². The summed E-state index contributed by atoms with van der Waals surface area (Å²) in [5, 5.41) is 13.7. The van der Waals surface area contributed by atoms with Crippen LogP contribution < -0.4 is 5.32 Å². The van der Waals surface area contributed by atoms with Gasteiger partial charge in [-0.05, 0) is 40.3 Å². The van der Waals surface area contributed by atoms with E-state index in [0.29, 0.717) is 23.4 Å². The van der Waals surface area contributed by atoms with E-state index in [-0.39, 0.29) is 11.8 Å². The minimum atomic E-state index is -0.147. The molecule has 0 aliphatic heterocycles. The lowest BCUT2D eigenvalue weighted by Crippen LogP contribution is -2.27. The molecule has 8 nitrogen and oxygen atoms in total. The molecule has 0 aliphatic rings. The molecule has 26 heavy (non-hydrogen) atoms. The fraction of sp³-hybridized carbons (Fsp3) is 0.167. The highest BCUT2D eigenvalue weighted by Gasteiger charge is 2.17. The van der Waals surface area contributed by atoms with Crippen LogP contribution in [0.2, 0.25) is 0 Å². The van der Waals surface area contributed by atoms with Crippen LogP contribution in [0.4, 0.5) is 0 Å². The molecule has 132 valence electrons. The smallest absolute Gasteiger partial charge is 0.256 e. The lowest BCUT2D eigenvalue weighted by molar-refractivity contribution is 0.0784. The Morgan fingerprint density at radius 1 is 1.12 bits per heavy atom. The summed E-state index contributed by atoms with van der Waals surface area (Å²) in [5.74, 6) is -0.289. The second-order valence-electron chi connectivity index (χ2n) is 5.71. The van der Waals surface area contributed by atoms with Crippen molar-refractivity contribution in [2.24, 2.45) is 0 Å². The van der Waals surface area contributed by atoms with Gasteiger partial charge in [0.05, 0.1) is 11.3 Å². The van der Waals surface area contributed by atoms with E-state index in [0.717, 1.165) is 5.56 Å². The summed E-state index contributed by atoms with van der Waals surface area (Å²) in [7, 11) is 3.32. The Labute approximate surface area is 150 Å².